The lowest BCUT2D eigenvalue weighted by Gasteiger charge is -2.19. The van der Waals surface area contributed by atoms with Crippen molar-refractivity contribution in [1.29, 1.82) is 0 Å². The van der Waals surface area contributed by atoms with Crippen molar-refractivity contribution in [3.63, 3.8) is 0 Å². The van der Waals surface area contributed by atoms with E-state index < -0.39 is 18.3 Å². The van der Waals surface area contributed by atoms with E-state index in [2.05, 4.69) is 0 Å². The average molecular weight is 243 g/mol. The van der Waals surface area contributed by atoms with E-state index in [4.69, 9.17) is 4.74 Å². The van der Waals surface area contributed by atoms with Crippen LogP contribution in [0.1, 0.15) is 5.56 Å². The second kappa shape index (κ2) is 5.12. The van der Waals surface area contributed by atoms with Crippen molar-refractivity contribution < 1.29 is 18.3 Å². The molecule has 0 aromatic heterocycles. The number of carbonyl (C=O) groups is 1. The number of nitrogens with zero attached hydrogens (tertiary/aromatic N) is 1. The molecule has 0 saturated heterocycles. The maximum atomic E-state index is 13.5. The minimum absolute atomic E-state index is 0.394. The number of carbonyl (C=O) groups excluding carboxylic acids is 1. The van der Waals surface area contributed by atoms with Gasteiger partial charge in [0, 0.05) is 20.5 Å². The molecule has 0 atom stereocenters. The molecule has 0 aliphatic heterocycles. The number of rotatable bonds is 4. The van der Waals surface area contributed by atoms with E-state index in [1.807, 2.05) is 0 Å². The van der Waals surface area contributed by atoms with Crippen molar-refractivity contribution in [1.82, 2.24) is 4.90 Å². The van der Waals surface area contributed by atoms with Gasteiger partial charge >= 0.3 is 5.92 Å². The minimum atomic E-state index is -3.38. The third-order valence-electron chi connectivity index (χ3n) is 2.30. The summed E-state index contributed by atoms with van der Waals surface area (Å²) in [5.74, 6) is -3.97. The number of hydrogen-bond acceptors (Lipinski definition) is 2. The highest BCUT2D eigenvalue weighted by Gasteiger charge is 2.39. The topological polar surface area (TPSA) is 29.5 Å². The zero-order valence-corrected chi connectivity index (χ0v) is 10.0. The standard InChI is InChI=1S/C12H15F2NO2/c1-15(2)11(16)12(13,14)8-9-4-6-10(17-3)7-5-9/h4-7H,8H2,1-3H3. The van der Waals surface area contributed by atoms with E-state index in [0.29, 0.717) is 11.3 Å². The largest absolute Gasteiger partial charge is 0.497 e. The van der Waals surface area contributed by atoms with Gasteiger partial charge in [-0.05, 0) is 17.7 Å². The van der Waals surface area contributed by atoms with Crippen molar-refractivity contribution in [2.75, 3.05) is 21.2 Å². The van der Waals surface area contributed by atoms with Crippen LogP contribution in [0.25, 0.3) is 0 Å². The van der Waals surface area contributed by atoms with Gasteiger partial charge in [0.1, 0.15) is 5.75 Å². The predicted octanol–water partition coefficient (Wildman–Crippen LogP) is 1.96. The fraction of sp³-hybridized carbons (Fsp3) is 0.417. The van der Waals surface area contributed by atoms with Crippen LogP contribution in [0.4, 0.5) is 8.78 Å². The molecular weight excluding hydrogens is 228 g/mol. The molecule has 17 heavy (non-hydrogen) atoms. The number of benzene rings is 1. The molecule has 1 aromatic carbocycles. The first-order valence-electron chi connectivity index (χ1n) is 5.09. The molecule has 1 amide bonds. The molecule has 0 unspecified atom stereocenters. The van der Waals surface area contributed by atoms with E-state index in [1.165, 1.54) is 33.3 Å². The molecule has 1 aromatic rings. The maximum Gasteiger partial charge on any atom is 0.328 e. The third kappa shape index (κ3) is 3.41. The SMILES string of the molecule is COc1ccc(CC(F)(F)C(=O)N(C)C)cc1. The van der Waals surface area contributed by atoms with Gasteiger partial charge in [-0.2, -0.15) is 8.78 Å². The Bertz CT molecular complexity index is 388. The van der Waals surface area contributed by atoms with Gasteiger partial charge in [-0.25, -0.2) is 0 Å². The second-order valence-electron chi connectivity index (χ2n) is 3.93. The summed E-state index contributed by atoms with van der Waals surface area (Å²) in [5.41, 5.74) is 0.394. The minimum Gasteiger partial charge on any atom is -0.497 e. The van der Waals surface area contributed by atoms with Crippen LogP contribution in [0.15, 0.2) is 24.3 Å². The van der Waals surface area contributed by atoms with E-state index in [0.717, 1.165) is 4.90 Å². The summed E-state index contributed by atoms with van der Waals surface area (Å²) in [6, 6.07) is 6.22. The molecule has 0 aliphatic carbocycles. The van der Waals surface area contributed by atoms with Crippen LogP contribution in [0.5, 0.6) is 5.75 Å². The molecule has 0 bridgehead atoms. The van der Waals surface area contributed by atoms with Gasteiger partial charge < -0.3 is 9.64 Å². The van der Waals surface area contributed by atoms with Crippen LogP contribution in [0.2, 0.25) is 0 Å². The van der Waals surface area contributed by atoms with Crippen LogP contribution in [0.3, 0.4) is 0 Å². The van der Waals surface area contributed by atoms with Gasteiger partial charge in [0.2, 0.25) is 0 Å². The van der Waals surface area contributed by atoms with Gasteiger partial charge in [-0.3, -0.25) is 4.79 Å². The van der Waals surface area contributed by atoms with Gasteiger partial charge in [0.05, 0.1) is 7.11 Å². The van der Waals surface area contributed by atoms with Gasteiger partial charge in [0.25, 0.3) is 5.91 Å². The molecule has 0 heterocycles. The van der Waals surface area contributed by atoms with E-state index in [9.17, 15) is 13.6 Å². The van der Waals surface area contributed by atoms with Crippen molar-refractivity contribution in [2.24, 2.45) is 0 Å². The van der Waals surface area contributed by atoms with Crippen LogP contribution in [-0.4, -0.2) is 37.9 Å². The van der Waals surface area contributed by atoms with Crippen LogP contribution >= 0.6 is 0 Å². The van der Waals surface area contributed by atoms with Crippen molar-refractivity contribution in [2.45, 2.75) is 12.3 Å². The highest BCUT2D eigenvalue weighted by Crippen LogP contribution is 2.23. The first-order valence-corrected chi connectivity index (χ1v) is 5.09. The summed E-state index contributed by atoms with van der Waals surface area (Å²) in [6.07, 6.45) is -0.603. The van der Waals surface area contributed by atoms with Crippen LogP contribution < -0.4 is 4.74 Å². The normalized spacial score (nSPS) is 11.1. The lowest BCUT2D eigenvalue weighted by Crippen LogP contribution is -2.40. The first-order chi connectivity index (χ1) is 7.86. The van der Waals surface area contributed by atoms with Crippen molar-refractivity contribution >= 4 is 5.91 Å². The Hall–Kier alpha value is -1.65. The molecule has 0 N–H and O–H groups in total. The summed E-state index contributed by atoms with van der Waals surface area (Å²) in [6.45, 7) is 0. The molecule has 3 nitrogen and oxygen atoms in total. The quantitative estimate of drug-likeness (QED) is 0.809. The highest BCUT2D eigenvalue weighted by atomic mass is 19.3. The molecule has 0 radical (unpaired) electrons. The molecular formula is C12H15F2NO2. The molecule has 0 aliphatic rings. The smallest absolute Gasteiger partial charge is 0.328 e. The van der Waals surface area contributed by atoms with Crippen molar-refractivity contribution in [3.05, 3.63) is 29.8 Å². The summed E-state index contributed by atoms with van der Waals surface area (Å²) >= 11 is 0. The average Bonchev–Trinajstić information content (AvgIpc) is 2.28. The van der Waals surface area contributed by atoms with Gasteiger partial charge in [-0.15, -0.1) is 0 Å². The Morgan fingerprint density at radius 3 is 2.24 bits per heavy atom. The zero-order valence-electron chi connectivity index (χ0n) is 10.0. The Labute approximate surface area is 99.0 Å². The summed E-state index contributed by atoms with van der Waals surface area (Å²) < 4.78 is 31.9. The fourth-order valence-electron chi connectivity index (χ4n) is 1.40. The van der Waals surface area contributed by atoms with Crippen LogP contribution in [0, 0.1) is 0 Å². The monoisotopic (exact) mass is 243 g/mol. The number of alkyl halides is 2. The van der Waals surface area contributed by atoms with Gasteiger partial charge in [-0.1, -0.05) is 12.1 Å². The third-order valence-corrected chi connectivity index (χ3v) is 2.30. The Morgan fingerprint density at radius 1 is 1.29 bits per heavy atom. The number of ether oxygens (including phenoxy) is 1. The lowest BCUT2D eigenvalue weighted by molar-refractivity contribution is -0.154. The summed E-state index contributed by atoms with van der Waals surface area (Å²) in [5, 5.41) is 0. The molecule has 0 spiro atoms. The molecule has 1 rings (SSSR count). The van der Waals surface area contributed by atoms with Crippen molar-refractivity contribution in [3.8, 4) is 5.75 Å². The summed E-state index contributed by atoms with van der Waals surface area (Å²) in [4.78, 5) is 12.1. The number of amides is 1. The number of methoxy groups -OCH3 is 1. The molecule has 94 valence electrons. The molecule has 0 fully saturated rings. The Kier molecular flexibility index (Phi) is 4.04. The Morgan fingerprint density at radius 2 is 1.82 bits per heavy atom. The first kappa shape index (κ1) is 13.4. The lowest BCUT2D eigenvalue weighted by atomic mass is 10.1. The summed E-state index contributed by atoms with van der Waals surface area (Å²) in [7, 11) is 4.12. The van der Waals surface area contributed by atoms with E-state index in [-0.39, 0.29) is 0 Å². The molecule has 5 heteroatoms. The molecule has 0 saturated carbocycles. The second-order valence-corrected chi connectivity index (χ2v) is 3.93. The number of halogens is 2. The fourth-order valence-corrected chi connectivity index (χ4v) is 1.40. The van der Waals surface area contributed by atoms with Crippen LogP contribution in [-0.2, 0) is 11.2 Å². The highest BCUT2D eigenvalue weighted by molar-refractivity contribution is 5.83. The maximum absolute atomic E-state index is 13.5. The van der Waals surface area contributed by atoms with E-state index >= 15 is 0 Å². The Balaban J connectivity index is 2.79. The van der Waals surface area contributed by atoms with Gasteiger partial charge in [0.15, 0.2) is 0 Å². The predicted molar refractivity (Wildman–Crippen MR) is 60.3 cm³/mol. The van der Waals surface area contributed by atoms with E-state index in [1.54, 1.807) is 12.1 Å². The number of hydrogen-bond donors (Lipinski definition) is 0. The zero-order chi connectivity index (χ0) is 13.1.